The second-order valence-electron chi connectivity index (χ2n) is 4.39. The lowest BCUT2D eigenvalue weighted by atomic mass is 9.96. The van der Waals surface area contributed by atoms with Crippen LogP contribution in [0.5, 0.6) is 0 Å². The van der Waals surface area contributed by atoms with E-state index in [-0.39, 0.29) is 19.6 Å². The molecule has 1 rings (SSSR count). The predicted molar refractivity (Wildman–Crippen MR) is 81.2 cm³/mol. The van der Waals surface area contributed by atoms with Crippen LogP contribution in [0.25, 0.3) is 0 Å². The summed E-state index contributed by atoms with van der Waals surface area (Å²) in [5.41, 5.74) is -0.584. The van der Waals surface area contributed by atoms with E-state index < -0.39 is 25.7 Å². The molecule has 0 bridgehead atoms. The van der Waals surface area contributed by atoms with E-state index in [0.29, 0.717) is 0 Å². The Hall–Kier alpha value is -1.26. The molecule has 0 aromatic heterocycles. The van der Waals surface area contributed by atoms with Crippen LogP contribution in [0.3, 0.4) is 0 Å². The second-order valence-corrected chi connectivity index (χ2v) is 5.77. The van der Waals surface area contributed by atoms with Crippen LogP contribution in [0, 0.1) is 0 Å². The van der Waals surface area contributed by atoms with Gasteiger partial charge >= 0.3 is 5.97 Å². The molecule has 0 radical (unpaired) electrons. The van der Waals surface area contributed by atoms with Crippen molar-refractivity contribution in [3.63, 3.8) is 0 Å². The van der Waals surface area contributed by atoms with Gasteiger partial charge < -0.3 is 19.5 Å². The number of aliphatic hydroxyl groups excluding tert-OH is 1. The highest BCUT2D eigenvalue weighted by Crippen LogP contribution is 2.24. The Morgan fingerprint density at radius 3 is 2.52 bits per heavy atom. The average molecular weight is 312 g/mol. The Labute approximate surface area is 126 Å². The molecule has 21 heavy (non-hydrogen) atoms. The van der Waals surface area contributed by atoms with Crippen molar-refractivity contribution < 1.29 is 24.3 Å². The van der Waals surface area contributed by atoms with E-state index in [1.807, 2.05) is 30.3 Å². The molecule has 1 aromatic carbocycles. The third-order valence-corrected chi connectivity index (χ3v) is 3.81. The monoisotopic (exact) mass is 312 g/mol. The van der Waals surface area contributed by atoms with E-state index in [1.165, 1.54) is 5.80 Å². The lowest BCUT2D eigenvalue weighted by molar-refractivity contribution is -0.164. The Kier molecular flexibility index (Phi) is 7.54. The van der Waals surface area contributed by atoms with Gasteiger partial charge in [-0.15, -0.1) is 0 Å². The summed E-state index contributed by atoms with van der Waals surface area (Å²) in [5.74, 6) is 0.670. The fourth-order valence-corrected chi connectivity index (χ4v) is 2.82. The van der Waals surface area contributed by atoms with Gasteiger partial charge in [0.15, 0.2) is 6.35 Å². The van der Waals surface area contributed by atoms with Crippen molar-refractivity contribution in [3.05, 3.63) is 35.9 Å². The van der Waals surface area contributed by atoms with Crippen molar-refractivity contribution in [3.8, 4) is 0 Å². The molecule has 0 aliphatic heterocycles. The minimum absolute atomic E-state index is 0.201. The number of ether oxygens (including phenoxy) is 2. The summed E-state index contributed by atoms with van der Waals surface area (Å²) in [5, 5.41) is 9.02. The van der Waals surface area contributed by atoms with Gasteiger partial charge in [0.05, 0.1) is 14.4 Å². The van der Waals surface area contributed by atoms with E-state index >= 15 is 0 Å². The van der Waals surface area contributed by atoms with Crippen molar-refractivity contribution in [2.24, 2.45) is 0 Å². The number of carbonyl (C=O) groups is 1. The normalized spacial score (nSPS) is 14.6. The van der Waals surface area contributed by atoms with Crippen molar-refractivity contribution in [2.75, 3.05) is 19.6 Å². The van der Waals surface area contributed by atoms with Crippen molar-refractivity contribution in [2.45, 2.75) is 25.9 Å². The van der Waals surface area contributed by atoms with Crippen LogP contribution in [0.1, 0.15) is 19.4 Å². The van der Waals surface area contributed by atoms with Gasteiger partial charge in [0.25, 0.3) is 0 Å². The first-order valence-corrected chi connectivity index (χ1v) is 8.35. The van der Waals surface area contributed by atoms with Crippen LogP contribution in [-0.2, 0) is 20.7 Å². The molecule has 1 N–H and O–H groups in total. The molecule has 0 amide bonds. The van der Waals surface area contributed by atoms with Crippen molar-refractivity contribution in [1.29, 1.82) is 0 Å². The summed E-state index contributed by atoms with van der Waals surface area (Å²) in [6.45, 7) is 3.91. The highest BCUT2D eigenvalue weighted by Gasteiger charge is 2.42. The van der Waals surface area contributed by atoms with Gasteiger partial charge in [-0.1, -0.05) is 30.3 Å². The molecule has 116 valence electrons. The first-order valence-electron chi connectivity index (χ1n) is 6.83. The van der Waals surface area contributed by atoms with Crippen LogP contribution < -0.4 is 4.89 Å². The van der Waals surface area contributed by atoms with Gasteiger partial charge in [0.1, 0.15) is 5.80 Å². The highest BCUT2D eigenvalue weighted by atomic mass is 31.1. The first kappa shape index (κ1) is 17.8. The molecule has 6 heteroatoms. The topological polar surface area (TPSA) is 78.8 Å². The maximum absolute atomic E-state index is 12.3. The minimum atomic E-state index is -2.06. The number of hydrogen-bond donors (Lipinski definition) is 1. The van der Waals surface area contributed by atoms with E-state index in [4.69, 9.17) is 14.6 Å². The molecular formula is C15H21O5P. The summed E-state index contributed by atoms with van der Waals surface area (Å²) in [6.07, 6.45) is -0.320. The molecule has 1 aromatic rings. The quantitative estimate of drug-likeness (QED) is 0.574. The lowest BCUT2D eigenvalue weighted by Gasteiger charge is -2.26. The Morgan fingerprint density at radius 1 is 1.33 bits per heavy atom. The summed E-state index contributed by atoms with van der Waals surface area (Å²) >= 11 is 0. The molecule has 0 spiro atoms. The lowest BCUT2D eigenvalue weighted by Crippen LogP contribution is -2.47. The molecule has 0 saturated heterocycles. The van der Waals surface area contributed by atoms with Crippen LogP contribution in [0.2, 0.25) is 0 Å². The highest BCUT2D eigenvalue weighted by molar-refractivity contribution is 7.50. The molecule has 0 heterocycles. The van der Waals surface area contributed by atoms with Gasteiger partial charge in [-0.25, -0.2) is 4.79 Å². The van der Waals surface area contributed by atoms with Crippen LogP contribution >= 0.6 is 7.77 Å². The molecule has 2 unspecified atom stereocenters. The van der Waals surface area contributed by atoms with Crippen LogP contribution in [0.15, 0.2) is 30.3 Å². The van der Waals surface area contributed by atoms with E-state index in [1.54, 1.807) is 13.8 Å². The Bertz CT molecular complexity index is 474. The number of rotatable bonds is 8. The summed E-state index contributed by atoms with van der Waals surface area (Å²) in [6, 6.07) is 9.28. The number of esters is 1. The van der Waals surface area contributed by atoms with Crippen LogP contribution in [-0.4, -0.2) is 42.0 Å². The summed E-state index contributed by atoms with van der Waals surface area (Å²) in [4.78, 5) is 24.1. The number of benzene rings is 1. The van der Waals surface area contributed by atoms with E-state index in [0.717, 1.165) is 5.56 Å². The molecule has 0 saturated carbocycles. The van der Waals surface area contributed by atoms with Gasteiger partial charge in [-0.05, 0) is 19.4 Å². The second kappa shape index (κ2) is 8.90. The molecule has 0 aliphatic carbocycles. The van der Waals surface area contributed by atoms with Gasteiger partial charge in [-0.2, -0.15) is 0 Å². The van der Waals surface area contributed by atoms with Gasteiger partial charge in [0, 0.05) is 13.0 Å². The Balaban J connectivity index is 3.19. The maximum Gasteiger partial charge on any atom is 0.346 e. The van der Waals surface area contributed by atoms with E-state index in [9.17, 15) is 9.69 Å². The zero-order valence-electron chi connectivity index (χ0n) is 12.3. The minimum Gasteiger partial charge on any atom is -0.629 e. The third kappa shape index (κ3) is 5.21. The average Bonchev–Trinajstić information content (AvgIpc) is 2.48. The zero-order chi connectivity index (χ0) is 15.7. The predicted octanol–water partition coefficient (Wildman–Crippen LogP) is 1.08. The standard InChI is InChI=1S/C15H21O5P/c1-3-19-14(17)15(20-4-2,11-21(18)12-16)10-13-8-6-5-7-9-13/h5-9,11,16H,3-4,10,12H2,1-2H3. The molecule has 5 nitrogen and oxygen atoms in total. The Morgan fingerprint density at radius 2 is 2.00 bits per heavy atom. The largest absolute Gasteiger partial charge is 0.629 e. The van der Waals surface area contributed by atoms with Crippen molar-refractivity contribution in [1.82, 2.24) is 0 Å². The fraction of sp³-hybridized carbons (Fsp3) is 0.467. The van der Waals surface area contributed by atoms with Gasteiger partial charge in [0.2, 0.25) is 5.60 Å². The van der Waals surface area contributed by atoms with Crippen LogP contribution in [0.4, 0.5) is 0 Å². The molecular weight excluding hydrogens is 291 g/mol. The van der Waals surface area contributed by atoms with Gasteiger partial charge in [-0.3, -0.25) is 0 Å². The van der Waals surface area contributed by atoms with E-state index in [2.05, 4.69) is 0 Å². The molecule has 0 fully saturated rings. The summed E-state index contributed by atoms with van der Waals surface area (Å²) < 4.78 is 10.7. The van der Waals surface area contributed by atoms with Crippen molar-refractivity contribution >= 4 is 19.5 Å². The fourth-order valence-electron chi connectivity index (χ4n) is 2.00. The SMILES string of the molecule is CCOC(=O)C(C=[P+]([O-])CO)(Cc1ccccc1)OCC. The molecule has 0 aliphatic rings. The zero-order valence-corrected chi connectivity index (χ0v) is 13.2. The number of carbonyl (C=O) groups excluding carboxylic acids is 1. The molecule has 2 atom stereocenters. The number of aliphatic hydroxyl groups is 1. The third-order valence-electron chi connectivity index (χ3n) is 2.82. The smallest absolute Gasteiger partial charge is 0.346 e. The number of hydrogen-bond acceptors (Lipinski definition) is 5. The summed E-state index contributed by atoms with van der Waals surface area (Å²) in [7, 11) is -2.06. The first-order chi connectivity index (χ1) is 10.1. The maximum atomic E-state index is 12.3.